The van der Waals surface area contributed by atoms with Crippen LogP contribution < -0.4 is 10.7 Å². The minimum absolute atomic E-state index is 0.0112. The molecule has 0 aliphatic heterocycles. The van der Waals surface area contributed by atoms with Crippen molar-refractivity contribution < 1.29 is 4.79 Å². The SMILES string of the molecule is Cc1ccc(C(NC(=O)CCn2ncc(=O)c3ccccc32)C2CC2)cc1. The summed E-state index contributed by atoms with van der Waals surface area (Å²) < 4.78 is 1.73. The number of hydrogen-bond donors (Lipinski definition) is 1. The molecular formula is C22H23N3O2. The van der Waals surface area contributed by atoms with Gasteiger partial charge in [0.2, 0.25) is 11.3 Å². The van der Waals surface area contributed by atoms with Crippen molar-refractivity contribution in [2.75, 3.05) is 0 Å². The molecule has 1 amide bonds. The van der Waals surface area contributed by atoms with Crippen LogP contribution in [0.4, 0.5) is 0 Å². The van der Waals surface area contributed by atoms with Crippen LogP contribution in [0.15, 0.2) is 59.5 Å². The number of nitrogens with one attached hydrogen (secondary N) is 1. The molecule has 138 valence electrons. The normalized spacial score (nSPS) is 14.9. The molecule has 5 nitrogen and oxygen atoms in total. The molecule has 5 heteroatoms. The smallest absolute Gasteiger partial charge is 0.222 e. The van der Waals surface area contributed by atoms with E-state index in [9.17, 15) is 9.59 Å². The molecule has 1 aromatic heterocycles. The van der Waals surface area contributed by atoms with Crippen molar-refractivity contribution in [2.45, 2.75) is 38.8 Å². The zero-order valence-electron chi connectivity index (χ0n) is 15.4. The fourth-order valence-electron chi connectivity index (χ4n) is 3.47. The molecule has 0 radical (unpaired) electrons. The Morgan fingerprint density at radius 1 is 1.19 bits per heavy atom. The Balaban J connectivity index is 1.46. The van der Waals surface area contributed by atoms with Gasteiger partial charge in [-0.1, -0.05) is 42.0 Å². The third-order valence-electron chi connectivity index (χ3n) is 5.16. The molecule has 2 aromatic carbocycles. The number of carbonyl (C=O) groups is 1. The van der Waals surface area contributed by atoms with Crippen LogP contribution in [0.25, 0.3) is 10.9 Å². The first-order valence-corrected chi connectivity index (χ1v) is 9.42. The first kappa shape index (κ1) is 17.5. The summed E-state index contributed by atoms with van der Waals surface area (Å²) in [6.07, 6.45) is 3.96. The second-order valence-electron chi connectivity index (χ2n) is 7.29. The van der Waals surface area contributed by atoms with E-state index in [-0.39, 0.29) is 17.4 Å². The monoisotopic (exact) mass is 361 g/mol. The van der Waals surface area contributed by atoms with Crippen molar-refractivity contribution in [3.05, 3.63) is 76.1 Å². The molecule has 3 aromatic rings. The van der Waals surface area contributed by atoms with Gasteiger partial charge < -0.3 is 5.32 Å². The number of hydrogen-bond acceptors (Lipinski definition) is 3. The minimum atomic E-state index is -0.0977. The van der Waals surface area contributed by atoms with Crippen LogP contribution in [0.3, 0.4) is 0 Å². The molecule has 1 heterocycles. The lowest BCUT2D eigenvalue weighted by molar-refractivity contribution is -0.122. The Labute approximate surface area is 158 Å². The lowest BCUT2D eigenvalue weighted by atomic mass is 10.0. The topological polar surface area (TPSA) is 64.0 Å². The molecule has 1 atom stereocenters. The van der Waals surface area contributed by atoms with E-state index in [2.05, 4.69) is 41.6 Å². The highest BCUT2D eigenvalue weighted by Gasteiger charge is 2.33. The third kappa shape index (κ3) is 3.92. The summed E-state index contributed by atoms with van der Waals surface area (Å²) in [5.41, 5.74) is 3.05. The summed E-state index contributed by atoms with van der Waals surface area (Å²) in [5.74, 6) is 0.542. The van der Waals surface area contributed by atoms with Gasteiger partial charge in [0.15, 0.2) is 0 Å². The Kier molecular flexibility index (Phi) is 4.75. The molecule has 0 spiro atoms. The van der Waals surface area contributed by atoms with Crippen LogP contribution in [-0.2, 0) is 11.3 Å². The van der Waals surface area contributed by atoms with Gasteiger partial charge in [0.25, 0.3) is 0 Å². The zero-order chi connectivity index (χ0) is 18.8. The molecule has 1 unspecified atom stereocenters. The van der Waals surface area contributed by atoms with Gasteiger partial charge >= 0.3 is 0 Å². The van der Waals surface area contributed by atoms with E-state index in [4.69, 9.17) is 0 Å². The van der Waals surface area contributed by atoms with E-state index in [1.807, 2.05) is 18.2 Å². The number of para-hydroxylation sites is 1. The van der Waals surface area contributed by atoms with Crippen molar-refractivity contribution in [2.24, 2.45) is 5.92 Å². The van der Waals surface area contributed by atoms with Gasteiger partial charge in [-0.15, -0.1) is 0 Å². The Morgan fingerprint density at radius 2 is 1.93 bits per heavy atom. The molecule has 0 saturated heterocycles. The molecule has 1 saturated carbocycles. The predicted molar refractivity (Wildman–Crippen MR) is 105 cm³/mol. The van der Waals surface area contributed by atoms with Crippen LogP contribution in [0.1, 0.15) is 36.4 Å². The molecule has 1 aliphatic rings. The minimum Gasteiger partial charge on any atom is -0.349 e. The number of aromatic nitrogens is 2. The molecule has 1 aliphatic carbocycles. The quantitative estimate of drug-likeness (QED) is 0.732. The van der Waals surface area contributed by atoms with Crippen molar-refractivity contribution in [1.29, 1.82) is 0 Å². The number of amides is 1. The first-order valence-electron chi connectivity index (χ1n) is 9.42. The van der Waals surface area contributed by atoms with E-state index >= 15 is 0 Å². The summed E-state index contributed by atoms with van der Waals surface area (Å²) in [4.78, 5) is 24.5. The predicted octanol–water partition coefficient (Wildman–Crippen LogP) is 3.36. The Hall–Kier alpha value is -2.95. The van der Waals surface area contributed by atoms with Crippen molar-refractivity contribution in [3.8, 4) is 0 Å². The number of benzene rings is 2. The van der Waals surface area contributed by atoms with E-state index in [0.29, 0.717) is 24.3 Å². The molecule has 4 rings (SSSR count). The zero-order valence-corrected chi connectivity index (χ0v) is 15.4. The highest BCUT2D eigenvalue weighted by atomic mass is 16.1. The highest BCUT2D eigenvalue weighted by molar-refractivity contribution is 5.79. The highest BCUT2D eigenvalue weighted by Crippen LogP contribution is 2.41. The maximum absolute atomic E-state index is 12.6. The molecule has 1 N–H and O–H groups in total. The molecule has 0 bridgehead atoms. The van der Waals surface area contributed by atoms with Gasteiger partial charge in [0.05, 0.1) is 24.3 Å². The summed E-state index contributed by atoms with van der Waals surface area (Å²) in [7, 11) is 0. The van der Waals surface area contributed by atoms with Crippen molar-refractivity contribution in [1.82, 2.24) is 15.1 Å². The standard InChI is InChI=1S/C22H23N3O2/c1-15-6-8-16(9-7-15)22(17-10-11-17)24-21(27)12-13-25-19-5-3-2-4-18(19)20(26)14-23-25/h2-9,14,17,22H,10-13H2,1H3,(H,24,27). The van der Waals surface area contributed by atoms with E-state index in [1.165, 1.54) is 17.3 Å². The molecule has 1 fully saturated rings. The van der Waals surface area contributed by atoms with Crippen LogP contribution in [0.5, 0.6) is 0 Å². The summed E-state index contributed by atoms with van der Waals surface area (Å²) in [6.45, 7) is 2.51. The Bertz CT molecular complexity index is 1020. The van der Waals surface area contributed by atoms with Gasteiger partial charge in [0, 0.05) is 11.8 Å². The number of aryl methyl sites for hydroxylation is 2. The lowest BCUT2D eigenvalue weighted by Crippen LogP contribution is -2.30. The Morgan fingerprint density at radius 3 is 2.67 bits per heavy atom. The van der Waals surface area contributed by atoms with E-state index in [0.717, 1.165) is 18.4 Å². The summed E-state index contributed by atoms with van der Waals surface area (Å²) >= 11 is 0. The average Bonchev–Trinajstić information content (AvgIpc) is 3.52. The second kappa shape index (κ2) is 7.35. The number of rotatable bonds is 6. The maximum Gasteiger partial charge on any atom is 0.222 e. The molecular weight excluding hydrogens is 338 g/mol. The maximum atomic E-state index is 12.6. The van der Waals surface area contributed by atoms with Gasteiger partial charge in [-0.05, 0) is 43.4 Å². The van der Waals surface area contributed by atoms with Crippen LogP contribution in [0, 0.1) is 12.8 Å². The van der Waals surface area contributed by atoms with Crippen LogP contribution in [0.2, 0.25) is 0 Å². The molecule has 27 heavy (non-hydrogen) atoms. The summed E-state index contributed by atoms with van der Waals surface area (Å²) in [5, 5.41) is 8.03. The van der Waals surface area contributed by atoms with Crippen LogP contribution >= 0.6 is 0 Å². The number of fused-ring (bicyclic) bond motifs is 1. The van der Waals surface area contributed by atoms with E-state index in [1.54, 1.807) is 10.7 Å². The van der Waals surface area contributed by atoms with Crippen molar-refractivity contribution >= 4 is 16.8 Å². The van der Waals surface area contributed by atoms with E-state index < -0.39 is 0 Å². The fraction of sp³-hybridized carbons (Fsp3) is 0.318. The van der Waals surface area contributed by atoms with Gasteiger partial charge in [-0.3, -0.25) is 14.3 Å². The van der Waals surface area contributed by atoms with Crippen LogP contribution in [-0.4, -0.2) is 15.7 Å². The van der Waals surface area contributed by atoms with Crippen molar-refractivity contribution in [3.63, 3.8) is 0 Å². The number of carbonyl (C=O) groups excluding carboxylic acids is 1. The third-order valence-corrected chi connectivity index (χ3v) is 5.16. The van der Waals surface area contributed by atoms with Gasteiger partial charge in [-0.2, -0.15) is 5.10 Å². The second-order valence-corrected chi connectivity index (χ2v) is 7.29. The average molecular weight is 361 g/mol. The largest absolute Gasteiger partial charge is 0.349 e. The van der Waals surface area contributed by atoms with Gasteiger partial charge in [-0.25, -0.2) is 0 Å². The first-order chi connectivity index (χ1) is 13.1. The summed E-state index contributed by atoms with van der Waals surface area (Å²) in [6, 6.07) is 15.8. The lowest BCUT2D eigenvalue weighted by Gasteiger charge is -2.19. The van der Waals surface area contributed by atoms with Gasteiger partial charge in [0.1, 0.15) is 0 Å². The number of nitrogens with zero attached hydrogens (tertiary/aromatic N) is 2. The fourth-order valence-corrected chi connectivity index (χ4v) is 3.47.